The van der Waals surface area contributed by atoms with E-state index in [0.29, 0.717) is 11.1 Å². The molecule has 0 aliphatic carbocycles. The Morgan fingerprint density at radius 1 is 1.08 bits per heavy atom. The predicted octanol–water partition coefficient (Wildman–Crippen LogP) is 5.36. The molecule has 0 saturated carbocycles. The van der Waals surface area contributed by atoms with Gasteiger partial charge in [0.25, 0.3) is 0 Å². The first-order valence-electron chi connectivity index (χ1n) is 7.92. The molecule has 0 aliphatic heterocycles. The van der Waals surface area contributed by atoms with Gasteiger partial charge < -0.3 is 9.47 Å². The van der Waals surface area contributed by atoms with Crippen LogP contribution in [0.15, 0.2) is 30.3 Å². The van der Waals surface area contributed by atoms with Crippen molar-refractivity contribution in [3.63, 3.8) is 0 Å². The lowest BCUT2D eigenvalue weighted by molar-refractivity contribution is -0.139. The lowest BCUT2D eigenvalue weighted by Crippen LogP contribution is -2.12. The van der Waals surface area contributed by atoms with Crippen molar-refractivity contribution in [1.29, 1.82) is 0 Å². The molecule has 0 spiro atoms. The second kappa shape index (κ2) is 7.76. The van der Waals surface area contributed by atoms with Crippen LogP contribution >= 0.6 is 0 Å². The van der Waals surface area contributed by atoms with Crippen LogP contribution in [0.5, 0.6) is 11.5 Å². The Bertz CT molecular complexity index is 813. The fraction of sp³-hybridized carbons (Fsp3) is 0.316. The second-order valence-electron chi connectivity index (χ2n) is 5.76. The summed E-state index contributed by atoms with van der Waals surface area (Å²) in [6.45, 7) is 4.28. The summed E-state index contributed by atoms with van der Waals surface area (Å²) < 4.78 is 64.1. The third-order valence-corrected chi connectivity index (χ3v) is 3.86. The Hall–Kier alpha value is -2.57. The summed E-state index contributed by atoms with van der Waals surface area (Å²) >= 11 is 0. The monoisotopic (exact) mass is 370 g/mol. The molecule has 0 radical (unpaired) electrons. The molecule has 0 amide bonds. The number of ether oxygens (including phenoxy) is 2. The highest BCUT2D eigenvalue weighted by molar-refractivity contribution is 5.72. The number of hydrogen-bond acceptors (Lipinski definition) is 3. The average molecular weight is 370 g/mol. The van der Waals surface area contributed by atoms with Gasteiger partial charge >= 0.3 is 12.1 Å². The molecule has 2 aromatic rings. The minimum atomic E-state index is -4.61. The zero-order valence-corrected chi connectivity index (χ0v) is 14.5. The second-order valence-corrected chi connectivity index (χ2v) is 5.76. The molecule has 0 atom stereocenters. The third-order valence-electron chi connectivity index (χ3n) is 3.86. The standard InChI is InChI=1S/C19H18F4O3/c1-4-18(24)26-16-7-5-6-15(20)13(16)10-25-17-9-12(3)11(2)8-14(17)19(21,22)23/h5-9H,4,10H2,1-3H3. The lowest BCUT2D eigenvalue weighted by atomic mass is 10.0. The van der Waals surface area contributed by atoms with E-state index in [0.717, 1.165) is 12.1 Å². The minimum absolute atomic E-state index is 0.0748. The van der Waals surface area contributed by atoms with Gasteiger partial charge in [-0.1, -0.05) is 13.0 Å². The van der Waals surface area contributed by atoms with Gasteiger partial charge in [-0.3, -0.25) is 4.79 Å². The maximum Gasteiger partial charge on any atom is 0.419 e. The predicted molar refractivity (Wildman–Crippen MR) is 87.6 cm³/mol. The Morgan fingerprint density at radius 3 is 2.35 bits per heavy atom. The van der Waals surface area contributed by atoms with Crippen molar-refractivity contribution >= 4 is 5.97 Å². The number of alkyl halides is 3. The molecule has 2 rings (SSSR count). The van der Waals surface area contributed by atoms with E-state index in [1.165, 1.54) is 18.2 Å². The van der Waals surface area contributed by atoms with Crippen LogP contribution in [-0.4, -0.2) is 5.97 Å². The van der Waals surface area contributed by atoms with Crippen LogP contribution in [0.3, 0.4) is 0 Å². The van der Waals surface area contributed by atoms with E-state index >= 15 is 0 Å². The molecule has 0 fully saturated rings. The quantitative estimate of drug-likeness (QED) is 0.404. The molecule has 26 heavy (non-hydrogen) atoms. The SMILES string of the molecule is CCC(=O)Oc1cccc(F)c1COc1cc(C)c(C)cc1C(F)(F)F. The Morgan fingerprint density at radius 2 is 1.73 bits per heavy atom. The van der Waals surface area contributed by atoms with Crippen molar-refractivity contribution in [2.45, 2.75) is 40.0 Å². The zero-order chi connectivity index (χ0) is 19.5. The number of rotatable bonds is 5. The molecule has 0 bridgehead atoms. The Balaban J connectivity index is 2.35. The number of carbonyl (C=O) groups excluding carboxylic acids is 1. The van der Waals surface area contributed by atoms with Gasteiger partial charge in [-0.15, -0.1) is 0 Å². The van der Waals surface area contributed by atoms with E-state index in [9.17, 15) is 22.4 Å². The molecule has 0 unspecified atom stereocenters. The summed E-state index contributed by atoms with van der Waals surface area (Å²) in [7, 11) is 0. The third kappa shape index (κ3) is 4.53. The maximum absolute atomic E-state index is 14.1. The molecule has 0 saturated heterocycles. The van der Waals surface area contributed by atoms with E-state index in [4.69, 9.17) is 9.47 Å². The number of aryl methyl sites for hydroxylation is 2. The van der Waals surface area contributed by atoms with Crippen molar-refractivity contribution < 1.29 is 31.8 Å². The minimum Gasteiger partial charge on any atom is -0.488 e. The number of benzene rings is 2. The average Bonchev–Trinajstić information content (AvgIpc) is 2.56. The summed E-state index contributed by atoms with van der Waals surface area (Å²) in [4.78, 5) is 11.5. The van der Waals surface area contributed by atoms with Gasteiger partial charge in [0.05, 0.1) is 11.1 Å². The number of esters is 1. The molecule has 0 aliphatic rings. The summed E-state index contributed by atoms with van der Waals surface area (Å²) in [6, 6.07) is 6.07. The highest BCUT2D eigenvalue weighted by Crippen LogP contribution is 2.38. The molecular formula is C19H18F4O3. The van der Waals surface area contributed by atoms with Gasteiger partial charge in [-0.05, 0) is 49.2 Å². The van der Waals surface area contributed by atoms with Crippen molar-refractivity contribution in [1.82, 2.24) is 0 Å². The first-order valence-corrected chi connectivity index (χ1v) is 7.92. The number of carbonyl (C=O) groups is 1. The molecule has 2 aromatic carbocycles. The largest absolute Gasteiger partial charge is 0.488 e. The van der Waals surface area contributed by atoms with Crippen molar-refractivity contribution in [2.75, 3.05) is 0 Å². The van der Waals surface area contributed by atoms with E-state index in [1.807, 2.05) is 0 Å². The van der Waals surface area contributed by atoms with Crippen LogP contribution < -0.4 is 9.47 Å². The van der Waals surface area contributed by atoms with Gasteiger partial charge in [0.15, 0.2) is 0 Å². The van der Waals surface area contributed by atoms with Gasteiger partial charge in [-0.2, -0.15) is 13.2 Å². The van der Waals surface area contributed by atoms with Crippen LogP contribution in [0.2, 0.25) is 0 Å². The van der Waals surface area contributed by atoms with E-state index < -0.39 is 35.9 Å². The molecule has 140 valence electrons. The first-order chi connectivity index (χ1) is 12.1. The normalized spacial score (nSPS) is 11.3. The molecule has 3 nitrogen and oxygen atoms in total. The fourth-order valence-corrected chi connectivity index (χ4v) is 2.25. The van der Waals surface area contributed by atoms with Crippen LogP contribution in [0, 0.1) is 19.7 Å². The summed E-state index contributed by atoms with van der Waals surface area (Å²) in [5.74, 6) is -1.80. The lowest BCUT2D eigenvalue weighted by Gasteiger charge is -2.17. The van der Waals surface area contributed by atoms with Crippen LogP contribution in [0.4, 0.5) is 17.6 Å². The topological polar surface area (TPSA) is 35.5 Å². The molecular weight excluding hydrogens is 352 g/mol. The highest BCUT2D eigenvalue weighted by Gasteiger charge is 2.35. The van der Waals surface area contributed by atoms with Crippen molar-refractivity contribution in [2.24, 2.45) is 0 Å². The van der Waals surface area contributed by atoms with Gasteiger partial charge in [0, 0.05) is 6.42 Å². The summed E-state index contributed by atoms with van der Waals surface area (Å²) in [5.41, 5.74) is 0.0111. The Labute approximate surface area is 148 Å². The van der Waals surface area contributed by atoms with Gasteiger partial charge in [0.1, 0.15) is 23.9 Å². The van der Waals surface area contributed by atoms with E-state index in [1.54, 1.807) is 20.8 Å². The highest BCUT2D eigenvalue weighted by atomic mass is 19.4. The maximum atomic E-state index is 14.1. The summed E-state index contributed by atoms with van der Waals surface area (Å²) in [5, 5.41) is 0. The van der Waals surface area contributed by atoms with Gasteiger partial charge in [-0.25, -0.2) is 4.39 Å². The first kappa shape index (κ1) is 19.8. The zero-order valence-electron chi connectivity index (χ0n) is 14.5. The fourth-order valence-electron chi connectivity index (χ4n) is 2.25. The van der Waals surface area contributed by atoms with E-state index in [2.05, 4.69) is 0 Å². The van der Waals surface area contributed by atoms with Crippen LogP contribution in [0.25, 0.3) is 0 Å². The Kier molecular flexibility index (Phi) is 5.90. The van der Waals surface area contributed by atoms with E-state index in [-0.39, 0.29) is 17.7 Å². The van der Waals surface area contributed by atoms with Crippen LogP contribution in [0.1, 0.15) is 35.6 Å². The number of halogens is 4. The molecule has 0 aromatic heterocycles. The van der Waals surface area contributed by atoms with Crippen LogP contribution in [-0.2, 0) is 17.6 Å². The van der Waals surface area contributed by atoms with Crippen molar-refractivity contribution in [3.05, 3.63) is 58.4 Å². The molecule has 0 heterocycles. The number of hydrogen-bond donors (Lipinski definition) is 0. The smallest absolute Gasteiger partial charge is 0.419 e. The molecule has 7 heteroatoms. The van der Waals surface area contributed by atoms with Crippen molar-refractivity contribution in [3.8, 4) is 11.5 Å². The molecule has 0 N–H and O–H groups in total. The van der Waals surface area contributed by atoms with Gasteiger partial charge in [0.2, 0.25) is 0 Å². The summed E-state index contributed by atoms with van der Waals surface area (Å²) in [6.07, 6.45) is -4.53.